The van der Waals surface area contributed by atoms with Crippen LogP contribution in [0, 0.1) is 0 Å². The molecule has 1 aromatic heterocycles. The van der Waals surface area contributed by atoms with Crippen LogP contribution in [0.1, 0.15) is 5.69 Å². The first-order valence-corrected chi connectivity index (χ1v) is 3.50. The molecule has 0 saturated heterocycles. The lowest BCUT2D eigenvalue weighted by atomic mass is 10.2. The summed E-state index contributed by atoms with van der Waals surface area (Å²) in [5, 5.41) is 0.0755. The Hall–Kier alpha value is -0.810. The van der Waals surface area contributed by atoms with Crippen LogP contribution in [0.4, 0.5) is 8.78 Å². The quantitative estimate of drug-likeness (QED) is 0.768. The van der Waals surface area contributed by atoms with E-state index >= 15 is 0 Å². The summed E-state index contributed by atoms with van der Waals surface area (Å²) in [5.41, 5.74) is 4.36. The molecule has 0 unspecified atom stereocenters. The maximum Gasteiger partial charge on any atom is 0.303 e. The van der Waals surface area contributed by atoms with Crippen molar-refractivity contribution >= 4 is 11.6 Å². The minimum Gasteiger partial charge on any atom is -0.325 e. The Balaban J connectivity index is 2.96. The smallest absolute Gasteiger partial charge is 0.303 e. The molecule has 0 radical (unpaired) electrons. The van der Waals surface area contributed by atoms with Gasteiger partial charge in [-0.25, -0.2) is 4.98 Å². The van der Waals surface area contributed by atoms with E-state index in [1.54, 1.807) is 0 Å². The molecule has 0 spiro atoms. The average Bonchev–Trinajstić information content (AvgIpc) is 2.05. The van der Waals surface area contributed by atoms with Crippen LogP contribution in [-0.4, -0.2) is 16.5 Å². The van der Waals surface area contributed by atoms with Crippen LogP contribution < -0.4 is 5.73 Å². The van der Waals surface area contributed by atoms with E-state index in [0.29, 0.717) is 0 Å². The monoisotopic (exact) mass is 193 g/mol. The first kappa shape index (κ1) is 9.28. The summed E-state index contributed by atoms with van der Waals surface area (Å²) in [4.78, 5) is 6.86. The Morgan fingerprint density at radius 2 is 2.08 bits per heavy atom. The molecule has 6 heteroatoms. The predicted molar refractivity (Wildman–Crippen MR) is 40.0 cm³/mol. The summed E-state index contributed by atoms with van der Waals surface area (Å²) >= 11 is 5.36. The number of nitrogens with two attached hydrogens (primary N) is 1. The number of aromatic nitrogens is 2. The first-order chi connectivity index (χ1) is 5.56. The fraction of sp³-hybridized carbons (Fsp3) is 0.333. The van der Waals surface area contributed by atoms with Crippen LogP contribution >= 0.6 is 11.6 Å². The predicted octanol–water partition coefficient (Wildman–Crippen LogP) is 1.18. The van der Waals surface area contributed by atoms with Crippen LogP contribution in [0.25, 0.3) is 0 Å². The average molecular weight is 194 g/mol. The van der Waals surface area contributed by atoms with Crippen molar-refractivity contribution in [1.29, 1.82) is 0 Å². The van der Waals surface area contributed by atoms with Gasteiger partial charge in [0.05, 0.1) is 18.9 Å². The fourth-order valence-corrected chi connectivity index (χ4v) is 0.703. The summed E-state index contributed by atoms with van der Waals surface area (Å²) in [6.45, 7) is -0.788. The maximum atomic E-state index is 12.7. The molecule has 0 saturated carbocycles. The molecule has 0 aliphatic rings. The van der Waals surface area contributed by atoms with Crippen LogP contribution in [0.2, 0.25) is 5.15 Å². The topological polar surface area (TPSA) is 51.8 Å². The van der Waals surface area contributed by atoms with E-state index in [-0.39, 0.29) is 5.15 Å². The molecule has 0 aliphatic heterocycles. The highest BCUT2D eigenvalue weighted by Crippen LogP contribution is 2.23. The maximum absolute atomic E-state index is 12.7. The largest absolute Gasteiger partial charge is 0.325 e. The van der Waals surface area contributed by atoms with Crippen molar-refractivity contribution in [3.63, 3.8) is 0 Å². The van der Waals surface area contributed by atoms with Gasteiger partial charge in [0, 0.05) is 0 Å². The standard InChI is InChI=1S/C6H6ClF2N3/c7-5-2-11-4(1-12-5)6(8,9)3-10/h1-2H,3,10H2. The zero-order valence-electron chi connectivity index (χ0n) is 5.97. The van der Waals surface area contributed by atoms with Crippen LogP contribution in [0.5, 0.6) is 0 Å². The highest BCUT2D eigenvalue weighted by atomic mass is 35.5. The molecule has 0 atom stereocenters. The van der Waals surface area contributed by atoms with Gasteiger partial charge in [-0.15, -0.1) is 0 Å². The molecular weight excluding hydrogens is 188 g/mol. The van der Waals surface area contributed by atoms with Gasteiger partial charge in [0.1, 0.15) is 10.8 Å². The van der Waals surface area contributed by atoms with Crippen LogP contribution in [0.15, 0.2) is 12.4 Å². The van der Waals surface area contributed by atoms with E-state index in [4.69, 9.17) is 17.3 Å². The SMILES string of the molecule is NCC(F)(F)c1cnc(Cl)cn1. The Bertz CT molecular complexity index is 262. The molecule has 2 N–H and O–H groups in total. The molecule has 1 aromatic rings. The molecule has 66 valence electrons. The van der Waals surface area contributed by atoms with Crippen molar-refractivity contribution in [3.8, 4) is 0 Å². The highest BCUT2D eigenvalue weighted by molar-refractivity contribution is 6.29. The van der Waals surface area contributed by atoms with Crippen molar-refractivity contribution in [2.24, 2.45) is 5.73 Å². The van der Waals surface area contributed by atoms with Gasteiger partial charge >= 0.3 is 5.92 Å². The molecule has 1 heterocycles. The second-order valence-corrected chi connectivity index (χ2v) is 2.52. The van der Waals surface area contributed by atoms with Crippen molar-refractivity contribution in [2.75, 3.05) is 6.54 Å². The molecule has 0 amide bonds. The molecule has 0 bridgehead atoms. The molecule has 0 aromatic carbocycles. The zero-order valence-corrected chi connectivity index (χ0v) is 6.72. The Kier molecular flexibility index (Phi) is 2.54. The van der Waals surface area contributed by atoms with E-state index in [1.165, 1.54) is 0 Å². The minimum atomic E-state index is -3.13. The molecule has 1 rings (SSSR count). The van der Waals surface area contributed by atoms with E-state index in [1.807, 2.05) is 0 Å². The number of rotatable bonds is 2. The van der Waals surface area contributed by atoms with Gasteiger partial charge in [0.15, 0.2) is 0 Å². The zero-order chi connectivity index (χ0) is 9.19. The van der Waals surface area contributed by atoms with Gasteiger partial charge in [-0.2, -0.15) is 8.78 Å². The summed E-state index contributed by atoms with van der Waals surface area (Å²) in [6, 6.07) is 0. The molecule has 0 aliphatic carbocycles. The third kappa shape index (κ3) is 1.86. The Morgan fingerprint density at radius 3 is 2.50 bits per heavy atom. The fourth-order valence-electron chi connectivity index (χ4n) is 0.606. The van der Waals surface area contributed by atoms with Gasteiger partial charge in [0.2, 0.25) is 0 Å². The third-order valence-electron chi connectivity index (χ3n) is 1.25. The lowest BCUT2D eigenvalue weighted by Crippen LogP contribution is -2.26. The van der Waals surface area contributed by atoms with Crippen molar-refractivity contribution in [1.82, 2.24) is 9.97 Å². The number of nitrogens with zero attached hydrogens (tertiary/aromatic N) is 2. The second-order valence-electron chi connectivity index (χ2n) is 2.13. The molecule has 0 fully saturated rings. The molecular formula is C6H6ClF2N3. The Labute approximate surface area is 72.6 Å². The number of hydrogen-bond donors (Lipinski definition) is 1. The van der Waals surface area contributed by atoms with Gasteiger partial charge in [0.25, 0.3) is 0 Å². The van der Waals surface area contributed by atoms with Gasteiger partial charge in [-0.05, 0) is 0 Å². The van der Waals surface area contributed by atoms with Crippen LogP contribution in [0.3, 0.4) is 0 Å². The summed E-state index contributed by atoms with van der Waals surface area (Å²) in [7, 11) is 0. The lowest BCUT2D eigenvalue weighted by Gasteiger charge is -2.11. The van der Waals surface area contributed by atoms with E-state index in [2.05, 4.69) is 9.97 Å². The second kappa shape index (κ2) is 3.28. The number of alkyl halides is 2. The molecule has 12 heavy (non-hydrogen) atoms. The highest BCUT2D eigenvalue weighted by Gasteiger charge is 2.31. The van der Waals surface area contributed by atoms with Crippen molar-refractivity contribution in [2.45, 2.75) is 5.92 Å². The van der Waals surface area contributed by atoms with E-state index < -0.39 is 18.2 Å². The summed E-state index contributed by atoms with van der Waals surface area (Å²) in [5.74, 6) is -3.13. The minimum absolute atomic E-state index is 0.0755. The van der Waals surface area contributed by atoms with Crippen molar-refractivity contribution < 1.29 is 8.78 Å². The Morgan fingerprint density at radius 1 is 1.42 bits per heavy atom. The lowest BCUT2D eigenvalue weighted by molar-refractivity contribution is 0.000998. The van der Waals surface area contributed by atoms with Crippen molar-refractivity contribution in [3.05, 3.63) is 23.2 Å². The third-order valence-corrected chi connectivity index (χ3v) is 1.45. The number of halogens is 3. The molecule has 3 nitrogen and oxygen atoms in total. The first-order valence-electron chi connectivity index (χ1n) is 3.12. The summed E-state index contributed by atoms with van der Waals surface area (Å²) in [6.07, 6.45) is 1.97. The summed E-state index contributed by atoms with van der Waals surface area (Å²) < 4.78 is 25.5. The van der Waals surface area contributed by atoms with Gasteiger partial charge in [-0.3, -0.25) is 4.98 Å². The van der Waals surface area contributed by atoms with E-state index in [9.17, 15) is 8.78 Å². The van der Waals surface area contributed by atoms with Crippen LogP contribution in [-0.2, 0) is 5.92 Å². The van der Waals surface area contributed by atoms with Gasteiger partial charge < -0.3 is 5.73 Å². The van der Waals surface area contributed by atoms with Gasteiger partial charge in [-0.1, -0.05) is 11.6 Å². The normalized spacial score (nSPS) is 11.7. The number of hydrogen-bond acceptors (Lipinski definition) is 3. The van der Waals surface area contributed by atoms with E-state index in [0.717, 1.165) is 12.4 Å².